The normalized spacial score (nSPS) is 21.0. The molecule has 3 nitrogen and oxygen atoms in total. The minimum Gasteiger partial charge on any atom is -0.353 e. The van der Waals surface area contributed by atoms with Gasteiger partial charge in [-0.05, 0) is 12.5 Å². The van der Waals surface area contributed by atoms with Crippen LogP contribution in [-0.4, -0.2) is 30.4 Å². The maximum atomic E-state index is 12.0. The molecule has 1 fully saturated rings. The molecule has 1 aliphatic heterocycles. The zero-order valence-corrected chi connectivity index (χ0v) is 10.1. The lowest BCUT2D eigenvalue weighted by Crippen LogP contribution is -2.50. The van der Waals surface area contributed by atoms with Crippen molar-refractivity contribution < 1.29 is 4.79 Å². The van der Waals surface area contributed by atoms with Crippen molar-refractivity contribution in [3.8, 4) is 0 Å². The number of nitrogens with one attached hydrogen (secondary N) is 1. The Hall–Kier alpha value is -1.61. The number of carbonyl (C=O) groups excluding carboxylic acids is 1. The van der Waals surface area contributed by atoms with Crippen molar-refractivity contribution in [1.82, 2.24) is 10.2 Å². The summed E-state index contributed by atoms with van der Waals surface area (Å²) in [6.07, 6.45) is 0. The minimum absolute atomic E-state index is 0.0868. The summed E-state index contributed by atoms with van der Waals surface area (Å²) in [6, 6.07) is 9.73. The number of amides is 1. The molecular formula is C14H18N2O. The van der Waals surface area contributed by atoms with Gasteiger partial charge in [0.05, 0.1) is 0 Å². The summed E-state index contributed by atoms with van der Waals surface area (Å²) in [5.74, 6) is 0.0868. The second kappa shape index (κ2) is 5.15. The highest BCUT2D eigenvalue weighted by Gasteiger charge is 2.30. The topological polar surface area (TPSA) is 32.3 Å². The first-order valence-electron chi connectivity index (χ1n) is 5.89. The van der Waals surface area contributed by atoms with Crippen molar-refractivity contribution in [3.05, 3.63) is 48.0 Å². The van der Waals surface area contributed by atoms with Gasteiger partial charge in [-0.3, -0.25) is 9.69 Å². The van der Waals surface area contributed by atoms with Crippen molar-refractivity contribution in [3.63, 3.8) is 0 Å². The van der Waals surface area contributed by atoms with Crippen LogP contribution in [0.3, 0.4) is 0 Å². The van der Waals surface area contributed by atoms with E-state index in [4.69, 9.17) is 0 Å². The maximum Gasteiger partial charge on any atom is 0.242 e. The third kappa shape index (κ3) is 2.74. The molecule has 1 aliphatic rings. The molecule has 2 rings (SSSR count). The molecule has 17 heavy (non-hydrogen) atoms. The highest BCUT2D eigenvalue weighted by atomic mass is 16.2. The standard InChI is InChI=1S/C14H18N2O/c1-11(2)10-16-9-8-15-14(17)13(16)12-6-4-3-5-7-12/h3-7,13H,1,8-10H2,2H3,(H,15,17)/t13-/m0/s1. The first-order chi connectivity index (χ1) is 8.18. The van der Waals surface area contributed by atoms with Gasteiger partial charge in [-0.25, -0.2) is 0 Å². The average Bonchev–Trinajstić information content (AvgIpc) is 2.29. The molecule has 1 heterocycles. The first-order valence-corrected chi connectivity index (χ1v) is 5.89. The lowest BCUT2D eigenvalue weighted by Gasteiger charge is -2.35. The molecule has 1 atom stereocenters. The third-order valence-corrected chi connectivity index (χ3v) is 2.90. The molecule has 1 aromatic rings. The Morgan fingerprint density at radius 1 is 1.47 bits per heavy atom. The van der Waals surface area contributed by atoms with E-state index in [1.165, 1.54) is 0 Å². The molecule has 0 bridgehead atoms. The summed E-state index contributed by atoms with van der Waals surface area (Å²) in [6.45, 7) is 8.29. The van der Waals surface area contributed by atoms with Gasteiger partial charge in [-0.2, -0.15) is 0 Å². The zero-order valence-electron chi connectivity index (χ0n) is 10.1. The smallest absolute Gasteiger partial charge is 0.242 e. The van der Waals surface area contributed by atoms with Crippen LogP contribution in [0, 0.1) is 0 Å². The Balaban J connectivity index is 2.25. The van der Waals surface area contributed by atoms with E-state index >= 15 is 0 Å². The molecule has 1 amide bonds. The molecular weight excluding hydrogens is 212 g/mol. The number of carbonyl (C=O) groups is 1. The van der Waals surface area contributed by atoms with E-state index in [1.807, 2.05) is 37.3 Å². The van der Waals surface area contributed by atoms with Gasteiger partial charge in [0.2, 0.25) is 5.91 Å². The van der Waals surface area contributed by atoms with Crippen LogP contribution in [0.4, 0.5) is 0 Å². The van der Waals surface area contributed by atoms with Crippen LogP contribution in [0.2, 0.25) is 0 Å². The van der Waals surface area contributed by atoms with E-state index in [0.717, 1.165) is 30.8 Å². The van der Waals surface area contributed by atoms with Crippen LogP contribution in [0.5, 0.6) is 0 Å². The van der Waals surface area contributed by atoms with E-state index in [-0.39, 0.29) is 11.9 Å². The Morgan fingerprint density at radius 2 is 2.18 bits per heavy atom. The largest absolute Gasteiger partial charge is 0.353 e. The molecule has 0 aliphatic carbocycles. The first kappa shape index (κ1) is 11.9. The van der Waals surface area contributed by atoms with Crippen molar-refractivity contribution in [2.75, 3.05) is 19.6 Å². The van der Waals surface area contributed by atoms with E-state index in [1.54, 1.807) is 0 Å². The van der Waals surface area contributed by atoms with Gasteiger partial charge in [0.15, 0.2) is 0 Å². The van der Waals surface area contributed by atoms with Crippen molar-refractivity contribution in [1.29, 1.82) is 0 Å². The van der Waals surface area contributed by atoms with Gasteiger partial charge in [0.1, 0.15) is 6.04 Å². The van der Waals surface area contributed by atoms with Gasteiger partial charge < -0.3 is 5.32 Å². The van der Waals surface area contributed by atoms with Crippen LogP contribution in [-0.2, 0) is 4.79 Å². The highest BCUT2D eigenvalue weighted by molar-refractivity contribution is 5.83. The van der Waals surface area contributed by atoms with E-state index < -0.39 is 0 Å². The fraction of sp³-hybridized carbons (Fsp3) is 0.357. The number of hydrogen-bond acceptors (Lipinski definition) is 2. The molecule has 0 unspecified atom stereocenters. The number of rotatable bonds is 3. The summed E-state index contributed by atoms with van der Waals surface area (Å²) in [7, 11) is 0. The lowest BCUT2D eigenvalue weighted by atomic mass is 10.0. The molecule has 0 spiro atoms. The zero-order chi connectivity index (χ0) is 12.3. The van der Waals surface area contributed by atoms with Crippen LogP contribution in [0.1, 0.15) is 18.5 Å². The number of nitrogens with zero attached hydrogens (tertiary/aromatic N) is 1. The summed E-state index contributed by atoms with van der Waals surface area (Å²) >= 11 is 0. The minimum atomic E-state index is -0.179. The molecule has 1 saturated heterocycles. The maximum absolute atomic E-state index is 12.0. The average molecular weight is 230 g/mol. The predicted molar refractivity (Wildman–Crippen MR) is 68.6 cm³/mol. The summed E-state index contributed by atoms with van der Waals surface area (Å²) in [5, 5.41) is 2.92. The van der Waals surface area contributed by atoms with Gasteiger partial charge in [-0.1, -0.05) is 42.5 Å². The molecule has 1 N–H and O–H groups in total. The molecule has 0 radical (unpaired) electrons. The molecule has 90 valence electrons. The van der Waals surface area contributed by atoms with Crippen molar-refractivity contribution >= 4 is 5.91 Å². The second-order valence-electron chi connectivity index (χ2n) is 4.53. The van der Waals surface area contributed by atoms with E-state index in [2.05, 4.69) is 16.8 Å². The van der Waals surface area contributed by atoms with Gasteiger partial charge in [-0.15, -0.1) is 0 Å². The Morgan fingerprint density at radius 3 is 2.82 bits per heavy atom. The SMILES string of the molecule is C=C(C)CN1CCNC(=O)[C@@H]1c1ccccc1. The van der Waals surface area contributed by atoms with Crippen LogP contribution < -0.4 is 5.32 Å². The quantitative estimate of drug-likeness (QED) is 0.802. The second-order valence-corrected chi connectivity index (χ2v) is 4.53. The van der Waals surface area contributed by atoms with Crippen molar-refractivity contribution in [2.24, 2.45) is 0 Å². The summed E-state index contributed by atoms with van der Waals surface area (Å²) < 4.78 is 0. The van der Waals surface area contributed by atoms with Crippen LogP contribution >= 0.6 is 0 Å². The monoisotopic (exact) mass is 230 g/mol. The Labute approximate surface area is 102 Å². The number of piperazine rings is 1. The highest BCUT2D eigenvalue weighted by Crippen LogP contribution is 2.23. The fourth-order valence-electron chi connectivity index (χ4n) is 2.23. The van der Waals surface area contributed by atoms with Gasteiger partial charge in [0.25, 0.3) is 0 Å². The Bertz CT molecular complexity index is 413. The molecule has 0 saturated carbocycles. The van der Waals surface area contributed by atoms with Gasteiger partial charge >= 0.3 is 0 Å². The lowest BCUT2D eigenvalue weighted by molar-refractivity contribution is -0.129. The molecule has 0 aromatic heterocycles. The fourth-order valence-corrected chi connectivity index (χ4v) is 2.23. The number of hydrogen-bond donors (Lipinski definition) is 1. The summed E-state index contributed by atoms with van der Waals surface area (Å²) in [5.41, 5.74) is 2.13. The van der Waals surface area contributed by atoms with Crippen LogP contribution in [0.25, 0.3) is 0 Å². The molecule has 1 aromatic carbocycles. The summed E-state index contributed by atoms with van der Waals surface area (Å²) in [4.78, 5) is 14.2. The van der Waals surface area contributed by atoms with Gasteiger partial charge in [0, 0.05) is 19.6 Å². The number of benzene rings is 1. The van der Waals surface area contributed by atoms with E-state index in [9.17, 15) is 4.79 Å². The third-order valence-electron chi connectivity index (χ3n) is 2.90. The van der Waals surface area contributed by atoms with E-state index in [0.29, 0.717) is 0 Å². The predicted octanol–water partition coefficient (Wildman–Crippen LogP) is 1.74. The van der Waals surface area contributed by atoms with Crippen molar-refractivity contribution in [2.45, 2.75) is 13.0 Å². The molecule has 3 heteroatoms. The van der Waals surface area contributed by atoms with Crippen LogP contribution in [0.15, 0.2) is 42.5 Å². The Kier molecular flexibility index (Phi) is 3.59.